The highest BCUT2D eigenvalue weighted by Crippen LogP contribution is 2.03. The lowest BCUT2D eigenvalue weighted by Crippen LogP contribution is -2.25. The quantitative estimate of drug-likeness (QED) is 0.619. The van der Waals surface area contributed by atoms with Crippen LogP contribution in [0.3, 0.4) is 0 Å². The molecule has 0 N–H and O–H groups in total. The Labute approximate surface area is 65.7 Å². The average Bonchev–Trinajstić information content (AvgIpc) is 2.31. The standard InChI is InChI=1S/C6H11NO2S/c8-6-7(2-1-5-10)3-4-9-6/h10H,1-5H2. The molecule has 0 aromatic heterocycles. The normalized spacial score (nSPS) is 17.7. The lowest BCUT2D eigenvalue weighted by atomic mass is 10.4. The van der Waals surface area contributed by atoms with Gasteiger partial charge in [0.25, 0.3) is 0 Å². The molecule has 1 saturated heterocycles. The Hall–Kier alpha value is -0.380. The molecule has 1 aliphatic rings. The van der Waals surface area contributed by atoms with E-state index in [1.807, 2.05) is 0 Å². The second kappa shape index (κ2) is 3.71. The van der Waals surface area contributed by atoms with Crippen LogP contribution in [0.4, 0.5) is 4.79 Å². The van der Waals surface area contributed by atoms with Crippen LogP contribution < -0.4 is 0 Å². The van der Waals surface area contributed by atoms with Crippen molar-refractivity contribution < 1.29 is 9.53 Å². The summed E-state index contributed by atoms with van der Waals surface area (Å²) in [4.78, 5) is 12.5. The van der Waals surface area contributed by atoms with Crippen molar-refractivity contribution in [3.63, 3.8) is 0 Å². The number of ether oxygens (including phenoxy) is 1. The lowest BCUT2D eigenvalue weighted by molar-refractivity contribution is 0.158. The largest absolute Gasteiger partial charge is 0.448 e. The maximum Gasteiger partial charge on any atom is 0.409 e. The van der Waals surface area contributed by atoms with Crippen molar-refractivity contribution in [2.45, 2.75) is 6.42 Å². The van der Waals surface area contributed by atoms with Crippen molar-refractivity contribution in [2.24, 2.45) is 0 Å². The molecule has 0 atom stereocenters. The van der Waals surface area contributed by atoms with Crippen molar-refractivity contribution in [1.29, 1.82) is 0 Å². The number of cyclic esters (lactones) is 1. The van der Waals surface area contributed by atoms with Gasteiger partial charge in [-0.3, -0.25) is 0 Å². The van der Waals surface area contributed by atoms with Crippen LogP contribution in [-0.2, 0) is 4.74 Å². The first-order valence-electron chi connectivity index (χ1n) is 3.37. The topological polar surface area (TPSA) is 29.5 Å². The van der Waals surface area contributed by atoms with Crippen LogP contribution in [0.5, 0.6) is 0 Å². The molecule has 1 aliphatic heterocycles. The highest BCUT2D eigenvalue weighted by Gasteiger charge is 2.20. The summed E-state index contributed by atoms with van der Waals surface area (Å²) in [6, 6.07) is 0. The highest BCUT2D eigenvalue weighted by molar-refractivity contribution is 7.80. The Morgan fingerprint density at radius 2 is 2.50 bits per heavy atom. The molecule has 3 nitrogen and oxygen atoms in total. The first kappa shape index (κ1) is 7.72. The number of nitrogens with zero attached hydrogens (tertiary/aromatic N) is 1. The van der Waals surface area contributed by atoms with E-state index in [1.165, 1.54) is 0 Å². The van der Waals surface area contributed by atoms with Crippen molar-refractivity contribution in [2.75, 3.05) is 25.4 Å². The Morgan fingerprint density at radius 3 is 3.00 bits per heavy atom. The second-order valence-electron chi connectivity index (χ2n) is 2.18. The van der Waals surface area contributed by atoms with Gasteiger partial charge >= 0.3 is 6.09 Å². The predicted molar refractivity (Wildman–Crippen MR) is 41.4 cm³/mol. The van der Waals surface area contributed by atoms with Crippen LogP contribution in [-0.4, -0.2) is 36.4 Å². The number of amides is 1. The molecular weight excluding hydrogens is 150 g/mol. The summed E-state index contributed by atoms with van der Waals surface area (Å²) in [5.41, 5.74) is 0. The van der Waals surface area contributed by atoms with E-state index in [1.54, 1.807) is 4.90 Å². The summed E-state index contributed by atoms with van der Waals surface area (Å²) >= 11 is 4.04. The highest BCUT2D eigenvalue weighted by atomic mass is 32.1. The number of carbonyl (C=O) groups is 1. The fourth-order valence-electron chi connectivity index (χ4n) is 0.890. The van der Waals surface area contributed by atoms with Gasteiger partial charge in [0.15, 0.2) is 0 Å². The minimum absolute atomic E-state index is 0.179. The summed E-state index contributed by atoms with van der Waals surface area (Å²) in [6.07, 6.45) is 0.764. The van der Waals surface area contributed by atoms with Crippen LogP contribution in [0.1, 0.15) is 6.42 Å². The van der Waals surface area contributed by atoms with Crippen molar-refractivity contribution >= 4 is 18.7 Å². The summed E-state index contributed by atoms with van der Waals surface area (Å²) in [5, 5.41) is 0. The third kappa shape index (κ3) is 1.80. The van der Waals surface area contributed by atoms with Gasteiger partial charge in [-0.2, -0.15) is 12.6 Å². The number of hydrogen-bond acceptors (Lipinski definition) is 3. The summed E-state index contributed by atoms with van der Waals surface area (Å²) < 4.78 is 4.72. The van der Waals surface area contributed by atoms with Crippen molar-refractivity contribution in [1.82, 2.24) is 4.90 Å². The molecule has 1 rings (SSSR count). The van der Waals surface area contributed by atoms with E-state index >= 15 is 0 Å². The Bertz CT molecular complexity index is 129. The van der Waals surface area contributed by atoms with Gasteiger partial charge in [0, 0.05) is 6.54 Å². The fraction of sp³-hybridized carbons (Fsp3) is 0.833. The van der Waals surface area contributed by atoms with Gasteiger partial charge in [0.2, 0.25) is 0 Å². The second-order valence-corrected chi connectivity index (χ2v) is 2.63. The van der Waals surface area contributed by atoms with E-state index in [4.69, 9.17) is 4.74 Å². The predicted octanol–water partition coefficient (Wildman–Crippen LogP) is 0.758. The van der Waals surface area contributed by atoms with Gasteiger partial charge in [-0.1, -0.05) is 0 Å². The molecule has 10 heavy (non-hydrogen) atoms. The molecule has 0 aromatic carbocycles. The molecule has 4 heteroatoms. The fourth-order valence-corrected chi connectivity index (χ4v) is 1.03. The summed E-state index contributed by atoms with van der Waals surface area (Å²) in [6.45, 7) is 2.07. The lowest BCUT2D eigenvalue weighted by Gasteiger charge is -2.09. The molecule has 0 bridgehead atoms. The molecule has 58 valence electrons. The van der Waals surface area contributed by atoms with E-state index in [0.29, 0.717) is 6.61 Å². The Balaban J connectivity index is 2.20. The molecule has 1 heterocycles. The van der Waals surface area contributed by atoms with Crippen LogP contribution in [0.15, 0.2) is 0 Å². The van der Waals surface area contributed by atoms with Gasteiger partial charge in [-0.25, -0.2) is 4.79 Å². The molecule has 1 fully saturated rings. The summed E-state index contributed by atoms with van der Waals surface area (Å²) in [5.74, 6) is 0.823. The van der Waals surface area contributed by atoms with Crippen molar-refractivity contribution in [3.8, 4) is 0 Å². The zero-order valence-electron chi connectivity index (χ0n) is 5.75. The van der Waals surface area contributed by atoms with Gasteiger partial charge in [0.05, 0.1) is 6.54 Å². The van der Waals surface area contributed by atoms with Crippen LogP contribution in [0.2, 0.25) is 0 Å². The third-order valence-corrected chi connectivity index (χ3v) is 1.75. The average molecular weight is 161 g/mol. The molecule has 0 aliphatic carbocycles. The van der Waals surface area contributed by atoms with E-state index in [2.05, 4.69) is 12.6 Å². The minimum atomic E-state index is -0.179. The SMILES string of the molecule is O=C1OCCN1CCCS. The van der Waals surface area contributed by atoms with Crippen LogP contribution in [0.25, 0.3) is 0 Å². The number of thiol groups is 1. The van der Waals surface area contributed by atoms with Gasteiger partial charge in [-0.15, -0.1) is 0 Å². The van der Waals surface area contributed by atoms with E-state index in [9.17, 15) is 4.79 Å². The number of rotatable bonds is 3. The first-order chi connectivity index (χ1) is 4.84. The van der Waals surface area contributed by atoms with Gasteiger partial charge in [-0.05, 0) is 12.2 Å². The molecule has 1 amide bonds. The summed E-state index contributed by atoms with van der Waals surface area (Å²) in [7, 11) is 0. The molecule has 0 aromatic rings. The number of hydrogen-bond donors (Lipinski definition) is 1. The van der Waals surface area contributed by atoms with E-state index < -0.39 is 0 Å². The van der Waals surface area contributed by atoms with Crippen LogP contribution >= 0.6 is 12.6 Å². The zero-order valence-corrected chi connectivity index (χ0v) is 6.64. The van der Waals surface area contributed by atoms with E-state index in [0.717, 1.165) is 25.3 Å². The molecule has 0 radical (unpaired) electrons. The maximum absolute atomic E-state index is 10.8. The third-order valence-electron chi connectivity index (χ3n) is 1.43. The monoisotopic (exact) mass is 161 g/mol. The van der Waals surface area contributed by atoms with Gasteiger partial charge in [0.1, 0.15) is 6.61 Å². The molecule has 0 unspecified atom stereocenters. The first-order valence-corrected chi connectivity index (χ1v) is 4.00. The Kier molecular flexibility index (Phi) is 2.86. The van der Waals surface area contributed by atoms with Gasteiger partial charge < -0.3 is 9.64 Å². The van der Waals surface area contributed by atoms with Crippen LogP contribution in [0, 0.1) is 0 Å². The minimum Gasteiger partial charge on any atom is -0.448 e. The molecule has 0 spiro atoms. The van der Waals surface area contributed by atoms with E-state index in [-0.39, 0.29) is 6.09 Å². The zero-order chi connectivity index (χ0) is 7.40. The Morgan fingerprint density at radius 1 is 1.70 bits per heavy atom. The molecule has 0 saturated carbocycles. The smallest absolute Gasteiger partial charge is 0.409 e. The van der Waals surface area contributed by atoms with Crippen molar-refractivity contribution in [3.05, 3.63) is 0 Å². The number of carbonyl (C=O) groups excluding carboxylic acids is 1. The molecular formula is C6H11NO2S. The maximum atomic E-state index is 10.8.